The lowest BCUT2D eigenvalue weighted by molar-refractivity contribution is 1.42. The minimum absolute atomic E-state index is 0.842. The van der Waals surface area contributed by atoms with Crippen molar-refractivity contribution < 1.29 is 0 Å². The van der Waals surface area contributed by atoms with Gasteiger partial charge >= 0.3 is 0 Å². The van der Waals surface area contributed by atoms with Crippen LogP contribution in [0, 0.1) is 0 Å². The summed E-state index contributed by atoms with van der Waals surface area (Å²) in [4.78, 5) is 1.23. The number of halogens is 1. The molecule has 0 spiro atoms. The summed E-state index contributed by atoms with van der Waals surface area (Å²) in [5, 5.41) is 1.74. The third-order valence-electron chi connectivity index (χ3n) is 1.65. The Bertz CT molecular complexity index is 256. The first-order valence-electron chi connectivity index (χ1n) is 4.77. The molecule has 1 saturated carbocycles. The van der Waals surface area contributed by atoms with Crippen molar-refractivity contribution in [2.75, 3.05) is 0 Å². The summed E-state index contributed by atoms with van der Waals surface area (Å²) in [5.74, 6) is 0. The summed E-state index contributed by atoms with van der Waals surface area (Å²) >= 11 is 7.88. The van der Waals surface area contributed by atoms with Gasteiger partial charge in [0.25, 0.3) is 0 Å². The Kier molecular flexibility index (Phi) is 4.68. The van der Waals surface area contributed by atoms with Crippen LogP contribution >= 0.6 is 23.4 Å². The maximum Gasteiger partial charge on any atom is 0.0541 e. The predicted molar refractivity (Wildman–Crippen MR) is 61.7 cm³/mol. The first-order valence-corrected chi connectivity index (χ1v) is 6.03. The Hall–Kier alpha value is -0.140. The van der Waals surface area contributed by atoms with E-state index in [1.54, 1.807) is 0 Å². The molecule has 0 N–H and O–H groups in total. The Morgan fingerprint density at radius 3 is 2.38 bits per heavy atom. The van der Waals surface area contributed by atoms with Crippen molar-refractivity contribution in [3.8, 4) is 0 Å². The Balaban J connectivity index is 0.000000396. The smallest absolute Gasteiger partial charge is 0.0541 e. The van der Waals surface area contributed by atoms with Crippen LogP contribution in [0.2, 0.25) is 5.02 Å². The molecule has 0 aromatic heterocycles. The lowest BCUT2D eigenvalue weighted by atomic mass is 10.4. The molecule has 0 nitrogen and oxygen atoms in total. The van der Waals surface area contributed by atoms with E-state index in [2.05, 4.69) is 6.07 Å². The maximum absolute atomic E-state index is 5.98. The lowest BCUT2D eigenvalue weighted by Gasteiger charge is -2.00. The van der Waals surface area contributed by atoms with Crippen molar-refractivity contribution in [1.82, 2.24) is 0 Å². The van der Waals surface area contributed by atoms with Crippen LogP contribution in [0.4, 0.5) is 0 Å². The van der Waals surface area contributed by atoms with E-state index in [0.29, 0.717) is 0 Å². The van der Waals surface area contributed by atoms with Gasteiger partial charge in [-0.1, -0.05) is 37.6 Å². The van der Waals surface area contributed by atoms with Crippen LogP contribution in [0.3, 0.4) is 0 Å². The average Bonchev–Trinajstić information content (AvgIpc) is 2.96. The quantitative estimate of drug-likeness (QED) is 0.692. The molecule has 1 fully saturated rings. The molecule has 0 radical (unpaired) electrons. The van der Waals surface area contributed by atoms with Crippen LogP contribution in [-0.2, 0) is 0 Å². The van der Waals surface area contributed by atoms with E-state index < -0.39 is 0 Å². The molecular formula is C11H15ClS. The number of hydrogen-bond acceptors (Lipinski definition) is 1. The third kappa shape index (κ3) is 3.61. The zero-order valence-corrected chi connectivity index (χ0v) is 9.66. The van der Waals surface area contributed by atoms with Gasteiger partial charge in [-0.2, -0.15) is 0 Å². The molecule has 72 valence electrons. The van der Waals surface area contributed by atoms with Crippen LogP contribution in [0.1, 0.15) is 26.7 Å². The fraction of sp³-hybridized carbons (Fsp3) is 0.455. The fourth-order valence-corrected chi connectivity index (χ4v) is 2.24. The SMILES string of the molecule is CC.Clc1ccccc1SC1CC1. The highest BCUT2D eigenvalue weighted by molar-refractivity contribution is 8.00. The maximum atomic E-state index is 5.98. The van der Waals surface area contributed by atoms with Crippen molar-refractivity contribution in [2.24, 2.45) is 0 Å². The van der Waals surface area contributed by atoms with Gasteiger partial charge in [0.05, 0.1) is 5.02 Å². The van der Waals surface area contributed by atoms with Crippen molar-refractivity contribution in [3.63, 3.8) is 0 Å². The Labute approximate surface area is 89.7 Å². The van der Waals surface area contributed by atoms with Crippen LogP contribution in [0.15, 0.2) is 29.2 Å². The number of rotatable bonds is 2. The van der Waals surface area contributed by atoms with Gasteiger partial charge in [-0.05, 0) is 25.0 Å². The summed E-state index contributed by atoms with van der Waals surface area (Å²) in [5.41, 5.74) is 0. The van der Waals surface area contributed by atoms with Crippen LogP contribution in [0.25, 0.3) is 0 Å². The first kappa shape index (κ1) is 10.9. The molecule has 1 aromatic rings. The third-order valence-corrected chi connectivity index (χ3v) is 3.51. The highest BCUT2D eigenvalue weighted by Crippen LogP contribution is 2.41. The highest BCUT2D eigenvalue weighted by atomic mass is 35.5. The van der Waals surface area contributed by atoms with Gasteiger partial charge in [0.15, 0.2) is 0 Å². The van der Waals surface area contributed by atoms with Gasteiger partial charge in [-0.15, -0.1) is 11.8 Å². The summed E-state index contributed by atoms with van der Waals surface area (Å²) in [6.07, 6.45) is 2.71. The first-order chi connectivity index (χ1) is 6.36. The van der Waals surface area contributed by atoms with Crippen LogP contribution in [0.5, 0.6) is 0 Å². The van der Waals surface area contributed by atoms with E-state index in [1.165, 1.54) is 17.7 Å². The molecule has 0 saturated heterocycles. The van der Waals surface area contributed by atoms with Gasteiger partial charge in [-0.25, -0.2) is 0 Å². The molecule has 1 aliphatic carbocycles. The molecule has 1 aromatic carbocycles. The second-order valence-corrected chi connectivity index (χ2v) is 4.50. The molecule has 0 heterocycles. The molecule has 0 bridgehead atoms. The minimum atomic E-state index is 0.842. The van der Waals surface area contributed by atoms with Crippen LogP contribution < -0.4 is 0 Å². The number of benzene rings is 1. The molecular weight excluding hydrogens is 200 g/mol. The van der Waals surface area contributed by atoms with E-state index >= 15 is 0 Å². The zero-order valence-electron chi connectivity index (χ0n) is 8.09. The molecule has 0 aliphatic heterocycles. The molecule has 0 atom stereocenters. The summed E-state index contributed by atoms with van der Waals surface area (Å²) < 4.78 is 0. The molecule has 2 rings (SSSR count). The molecule has 0 amide bonds. The van der Waals surface area contributed by atoms with E-state index in [-0.39, 0.29) is 0 Å². The van der Waals surface area contributed by atoms with E-state index in [0.717, 1.165) is 10.3 Å². The second-order valence-electron chi connectivity index (χ2n) is 2.75. The highest BCUT2D eigenvalue weighted by Gasteiger charge is 2.23. The van der Waals surface area contributed by atoms with Gasteiger partial charge < -0.3 is 0 Å². The Morgan fingerprint density at radius 2 is 1.85 bits per heavy atom. The van der Waals surface area contributed by atoms with Gasteiger partial charge in [0.1, 0.15) is 0 Å². The largest absolute Gasteiger partial charge is 0.121 e. The van der Waals surface area contributed by atoms with Crippen molar-refractivity contribution in [2.45, 2.75) is 36.8 Å². The number of hydrogen-bond donors (Lipinski definition) is 0. The van der Waals surface area contributed by atoms with Crippen molar-refractivity contribution in [3.05, 3.63) is 29.3 Å². The second kappa shape index (κ2) is 5.56. The van der Waals surface area contributed by atoms with Crippen molar-refractivity contribution >= 4 is 23.4 Å². The topological polar surface area (TPSA) is 0 Å². The summed E-state index contributed by atoms with van der Waals surface area (Å²) in [6.45, 7) is 4.00. The Morgan fingerprint density at radius 1 is 1.23 bits per heavy atom. The van der Waals surface area contributed by atoms with E-state index in [1.807, 2.05) is 43.8 Å². The van der Waals surface area contributed by atoms with E-state index in [9.17, 15) is 0 Å². The summed E-state index contributed by atoms with van der Waals surface area (Å²) in [6, 6.07) is 8.05. The lowest BCUT2D eigenvalue weighted by Crippen LogP contribution is -1.75. The fourth-order valence-electron chi connectivity index (χ4n) is 0.906. The standard InChI is InChI=1S/C9H9ClS.C2H6/c10-8-3-1-2-4-9(8)11-7-5-6-7;1-2/h1-4,7H,5-6H2;1-2H3. The van der Waals surface area contributed by atoms with Gasteiger partial charge in [-0.3, -0.25) is 0 Å². The molecule has 0 unspecified atom stereocenters. The molecule has 2 heteroatoms. The van der Waals surface area contributed by atoms with Gasteiger partial charge in [0, 0.05) is 10.1 Å². The van der Waals surface area contributed by atoms with Crippen LogP contribution in [-0.4, -0.2) is 5.25 Å². The number of thioether (sulfide) groups is 1. The van der Waals surface area contributed by atoms with Gasteiger partial charge in [0.2, 0.25) is 0 Å². The minimum Gasteiger partial charge on any atom is -0.121 e. The normalized spacial score (nSPS) is 14.7. The monoisotopic (exact) mass is 214 g/mol. The zero-order chi connectivity index (χ0) is 9.68. The van der Waals surface area contributed by atoms with E-state index in [4.69, 9.17) is 11.6 Å². The average molecular weight is 215 g/mol. The molecule has 13 heavy (non-hydrogen) atoms. The molecule has 1 aliphatic rings. The predicted octanol–water partition coefficient (Wildman–Crippen LogP) is 4.62. The van der Waals surface area contributed by atoms with Crippen molar-refractivity contribution in [1.29, 1.82) is 0 Å². The summed E-state index contributed by atoms with van der Waals surface area (Å²) in [7, 11) is 0.